The van der Waals surface area contributed by atoms with Gasteiger partial charge in [-0.15, -0.1) is 11.3 Å². The molecular weight excluding hydrogens is 306 g/mol. The van der Waals surface area contributed by atoms with Gasteiger partial charge in [0.25, 0.3) is 0 Å². The van der Waals surface area contributed by atoms with E-state index in [2.05, 4.69) is 70.6 Å². The number of hydrogen-bond acceptors (Lipinski definition) is 2. The molecule has 0 aliphatic carbocycles. The topological polar surface area (TPSA) is 12.0 Å². The minimum atomic E-state index is 0.552. The number of likely N-dealkylation sites (N-methyl/N-ethyl adjacent to an activating group) is 1. The maximum atomic E-state index is 3.53. The number of hydrogen-bond donors (Lipinski definition) is 1. The van der Waals surface area contributed by atoms with Gasteiger partial charge in [0.15, 0.2) is 0 Å². The number of halogens is 1. The second-order valence-electron chi connectivity index (χ2n) is 4.33. The molecule has 1 nitrogen and oxygen atoms in total. The highest BCUT2D eigenvalue weighted by Gasteiger charge is 2.12. The average molecular weight is 324 g/mol. The number of thiophene rings is 1. The van der Waals surface area contributed by atoms with Crippen molar-refractivity contribution in [3.05, 3.63) is 56.7 Å². The fraction of sp³-hybridized carbons (Fsp3) is 0.333. The van der Waals surface area contributed by atoms with E-state index < -0.39 is 0 Å². The van der Waals surface area contributed by atoms with Gasteiger partial charge >= 0.3 is 0 Å². The maximum Gasteiger partial charge on any atom is 0.0701 e. The highest BCUT2D eigenvalue weighted by molar-refractivity contribution is 9.11. The van der Waals surface area contributed by atoms with Crippen LogP contribution in [0.25, 0.3) is 0 Å². The van der Waals surface area contributed by atoms with Crippen molar-refractivity contribution in [3.8, 4) is 0 Å². The first-order valence-corrected chi connectivity index (χ1v) is 7.90. The molecule has 0 radical (unpaired) electrons. The van der Waals surface area contributed by atoms with Gasteiger partial charge in [-0.1, -0.05) is 37.3 Å². The van der Waals surface area contributed by atoms with Crippen molar-refractivity contribution < 1.29 is 0 Å². The predicted octanol–water partition coefficient (Wildman–Crippen LogP) is 4.45. The first-order chi connectivity index (χ1) is 8.79. The molecule has 0 saturated heterocycles. The third kappa shape index (κ3) is 3.94. The molecule has 1 unspecified atom stereocenters. The predicted molar refractivity (Wildman–Crippen MR) is 83.4 cm³/mol. The van der Waals surface area contributed by atoms with Crippen molar-refractivity contribution in [1.29, 1.82) is 0 Å². The molecule has 2 rings (SSSR count). The van der Waals surface area contributed by atoms with Crippen LogP contribution in [0.15, 0.2) is 46.3 Å². The Balaban J connectivity index is 2.10. The Morgan fingerprint density at radius 1 is 1.17 bits per heavy atom. The van der Waals surface area contributed by atoms with Crippen LogP contribution in [0.1, 0.15) is 23.3 Å². The van der Waals surface area contributed by atoms with Crippen LogP contribution in [-0.4, -0.2) is 13.1 Å². The van der Waals surface area contributed by atoms with Crippen LogP contribution < -0.4 is 5.32 Å². The lowest BCUT2D eigenvalue weighted by Crippen LogP contribution is -2.22. The smallest absolute Gasteiger partial charge is 0.0701 e. The Labute approximate surface area is 121 Å². The van der Waals surface area contributed by atoms with Crippen LogP contribution in [-0.2, 0) is 6.42 Å². The lowest BCUT2D eigenvalue weighted by molar-refractivity contribution is 0.598. The van der Waals surface area contributed by atoms with Crippen molar-refractivity contribution >= 4 is 27.3 Å². The molecule has 0 aliphatic rings. The molecule has 0 bridgehead atoms. The van der Waals surface area contributed by atoms with E-state index in [9.17, 15) is 0 Å². The first-order valence-electron chi connectivity index (χ1n) is 6.29. The van der Waals surface area contributed by atoms with Crippen LogP contribution in [0.3, 0.4) is 0 Å². The third-order valence-corrected chi connectivity index (χ3v) is 4.63. The first kappa shape index (κ1) is 13.8. The number of benzene rings is 1. The highest BCUT2D eigenvalue weighted by atomic mass is 79.9. The van der Waals surface area contributed by atoms with Gasteiger partial charge in [0.05, 0.1) is 3.79 Å². The molecule has 1 atom stereocenters. The molecule has 1 heterocycles. The molecule has 2 aromatic rings. The number of nitrogens with one attached hydrogen (secondary N) is 1. The van der Waals surface area contributed by atoms with Gasteiger partial charge in [-0.25, -0.2) is 0 Å². The van der Waals surface area contributed by atoms with E-state index in [1.807, 2.05) is 11.3 Å². The molecule has 1 aromatic heterocycles. The molecule has 3 heteroatoms. The second kappa shape index (κ2) is 7.07. The fourth-order valence-electron chi connectivity index (χ4n) is 2.06. The lowest BCUT2D eigenvalue weighted by Gasteiger charge is -2.17. The van der Waals surface area contributed by atoms with Gasteiger partial charge in [-0.05, 0) is 46.6 Å². The van der Waals surface area contributed by atoms with Gasteiger partial charge in [-0.3, -0.25) is 0 Å². The van der Waals surface area contributed by atoms with Crippen molar-refractivity contribution in [2.75, 3.05) is 13.1 Å². The molecular formula is C15H18BrNS. The minimum absolute atomic E-state index is 0.552. The summed E-state index contributed by atoms with van der Waals surface area (Å²) in [6.07, 6.45) is 1.10. The van der Waals surface area contributed by atoms with Crippen LogP contribution in [0.5, 0.6) is 0 Å². The van der Waals surface area contributed by atoms with Gasteiger partial charge < -0.3 is 5.32 Å². The Hall–Kier alpha value is -0.640. The van der Waals surface area contributed by atoms with Crippen LogP contribution in [0, 0.1) is 0 Å². The van der Waals surface area contributed by atoms with E-state index in [0.717, 1.165) is 19.5 Å². The molecule has 1 aromatic carbocycles. The highest BCUT2D eigenvalue weighted by Crippen LogP contribution is 2.27. The standard InChI is InChI=1S/C15H18BrNS/c1-2-17-11-13(12-6-4-3-5-7-12)10-14-8-9-15(16)18-14/h3-9,13,17H,2,10-11H2,1H3. The monoisotopic (exact) mass is 323 g/mol. The zero-order valence-corrected chi connectivity index (χ0v) is 12.9. The van der Waals surface area contributed by atoms with E-state index in [1.54, 1.807) is 0 Å². The summed E-state index contributed by atoms with van der Waals surface area (Å²) in [5.74, 6) is 0.552. The molecule has 96 valence electrons. The van der Waals surface area contributed by atoms with E-state index in [4.69, 9.17) is 0 Å². The SMILES string of the molecule is CCNCC(Cc1ccc(Br)s1)c1ccccc1. The molecule has 1 N–H and O–H groups in total. The van der Waals surface area contributed by atoms with E-state index in [-0.39, 0.29) is 0 Å². The zero-order valence-electron chi connectivity index (χ0n) is 10.5. The maximum absolute atomic E-state index is 3.53. The number of rotatable bonds is 6. The quantitative estimate of drug-likeness (QED) is 0.828. The van der Waals surface area contributed by atoms with Crippen LogP contribution in [0.2, 0.25) is 0 Å². The summed E-state index contributed by atoms with van der Waals surface area (Å²) in [4.78, 5) is 1.44. The van der Waals surface area contributed by atoms with E-state index in [0.29, 0.717) is 5.92 Å². The molecule has 0 spiro atoms. The zero-order chi connectivity index (χ0) is 12.8. The molecule has 0 saturated carbocycles. The van der Waals surface area contributed by atoms with E-state index >= 15 is 0 Å². The summed E-state index contributed by atoms with van der Waals surface area (Å²) in [5.41, 5.74) is 1.42. The van der Waals surface area contributed by atoms with Crippen molar-refractivity contribution in [1.82, 2.24) is 5.32 Å². The molecule has 18 heavy (non-hydrogen) atoms. The second-order valence-corrected chi connectivity index (χ2v) is 6.87. The summed E-state index contributed by atoms with van der Waals surface area (Å²) < 4.78 is 1.22. The van der Waals surface area contributed by atoms with E-state index in [1.165, 1.54) is 14.2 Å². The van der Waals surface area contributed by atoms with Crippen molar-refractivity contribution in [2.24, 2.45) is 0 Å². The Kier molecular flexibility index (Phi) is 5.42. The fourth-order valence-corrected chi connectivity index (χ4v) is 3.62. The summed E-state index contributed by atoms with van der Waals surface area (Å²) in [5, 5.41) is 3.47. The summed E-state index contributed by atoms with van der Waals surface area (Å²) in [6, 6.07) is 15.1. The third-order valence-electron chi connectivity index (χ3n) is 2.99. The van der Waals surface area contributed by atoms with Crippen molar-refractivity contribution in [3.63, 3.8) is 0 Å². The summed E-state index contributed by atoms with van der Waals surface area (Å²) in [7, 11) is 0. The van der Waals surface area contributed by atoms with Crippen molar-refractivity contribution in [2.45, 2.75) is 19.3 Å². The van der Waals surface area contributed by atoms with Gasteiger partial charge in [0.1, 0.15) is 0 Å². The molecule has 0 aliphatic heterocycles. The summed E-state index contributed by atoms with van der Waals surface area (Å²) >= 11 is 5.37. The summed E-state index contributed by atoms with van der Waals surface area (Å²) in [6.45, 7) is 4.22. The minimum Gasteiger partial charge on any atom is -0.316 e. The molecule has 0 fully saturated rings. The average Bonchev–Trinajstić information content (AvgIpc) is 2.81. The normalized spacial score (nSPS) is 12.6. The largest absolute Gasteiger partial charge is 0.316 e. The Morgan fingerprint density at radius 3 is 2.56 bits per heavy atom. The van der Waals surface area contributed by atoms with Gasteiger partial charge in [0.2, 0.25) is 0 Å². The van der Waals surface area contributed by atoms with Crippen LogP contribution in [0.4, 0.5) is 0 Å². The van der Waals surface area contributed by atoms with Gasteiger partial charge in [-0.2, -0.15) is 0 Å². The lowest BCUT2D eigenvalue weighted by atomic mass is 9.95. The molecule has 0 amide bonds. The Bertz CT molecular complexity index is 466. The van der Waals surface area contributed by atoms with Crippen LogP contribution >= 0.6 is 27.3 Å². The van der Waals surface area contributed by atoms with Gasteiger partial charge in [0, 0.05) is 17.3 Å². The Morgan fingerprint density at radius 2 is 1.94 bits per heavy atom.